The van der Waals surface area contributed by atoms with Gasteiger partial charge in [-0.05, 0) is 24.3 Å². The van der Waals surface area contributed by atoms with E-state index in [-0.39, 0.29) is 0 Å². The smallest absolute Gasteiger partial charge is 0.360 e. The highest BCUT2D eigenvalue weighted by molar-refractivity contribution is 6.42. The van der Waals surface area contributed by atoms with Crippen LogP contribution in [0.15, 0.2) is 42.5 Å². The molecule has 0 saturated carbocycles. The number of alkyl halides is 3. The van der Waals surface area contributed by atoms with Crippen molar-refractivity contribution in [2.24, 2.45) is 0 Å². The second-order valence-electron chi connectivity index (χ2n) is 6.17. The van der Waals surface area contributed by atoms with Gasteiger partial charge in [-0.25, -0.2) is 0 Å². The van der Waals surface area contributed by atoms with Gasteiger partial charge in [0, 0.05) is 11.3 Å². The van der Waals surface area contributed by atoms with Gasteiger partial charge in [0.2, 0.25) is 0 Å². The van der Waals surface area contributed by atoms with Gasteiger partial charge in [-0.2, -0.15) is 13.2 Å². The second kappa shape index (κ2) is 7.44. The molecule has 7 heteroatoms. The molecule has 0 bridgehead atoms. The van der Waals surface area contributed by atoms with Gasteiger partial charge >= 0.3 is 6.18 Å². The van der Waals surface area contributed by atoms with Crippen molar-refractivity contribution in [2.45, 2.75) is 12.7 Å². The molecular formula is C18H18Cl2F3N2+. The summed E-state index contributed by atoms with van der Waals surface area (Å²) in [4.78, 5) is 3.34. The fourth-order valence-corrected chi connectivity index (χ4v) is 3.48. The molecular weight excluding hydrogens is 372 g/mol. The van der Waals surface area contributed by atoms with E-state index >= 15 is 0 Å². The highest BCUT2D eigenvalue weighted by Crippen LogP contribution is 2.31. The third-order valence-electron chi connectivity index (χ3n) is 4.48. The number of piperazine rings is 1. The van der Waals surface area contributed by atoms with Gasteiger partial charge in [-0.3, -0.25) is 0 Å². The third kappa shape index (κ3) is 4.40. The number of nitrogens with zero attached hydrogens (tertiary/aromatic N) is 1. The fourth-order valence-electron chi connectivity index (χ4n) is 3.09. The maximum atomic E-state index is 12.9. The maximum absolute atomic E-state index is 12.9. The molecule has 1 heterocycles. The van der Waals surface area contributed by atoms with Gasteiger partial charge in [0.25, 0.3) is 0 Å². The molecule has 2 nitrogen and oxygen atoms in total. The standard InChI is InChI=1S/C18H17Cl2F3N2/c19-16-6-1-3-13(17(16)20)12-24-7-9-25(10-8-24)15-5-2-4-14(11-15)18(21,22)23/h1-6,11H,7-10,12H2/p+1. The van der Waals surface area contributed by atoms with Crippen LogP contribution in [0.2, 0.25) is 10.0 Å². The molecule has 25 heavy (non-hydrogen) atoms. The molecule has 1 aliphatic rings. The molecule has 0 spiro atoms. The fraction of sp³-hybridized carbons (Fsp3) is 0.333. The Morgan fingerprint density at radius 3 is 2.36 bits per heavy atom. The molecule has 0 unspecified atom stereocenters. The molecule has 1 fully saturated rings. The number of rotatable bonds is 3. The molecule has 1 aliphatic heterocycles. The van der Waals surface area contributed by atoms with Gasteiger partial charge in [0.1, 0.15) is 6.54 Å². The molecule has 0 aliphatic carbocycles. The van der Waals surface area contributed by atoms with Crippen molar-refractivity contribution < 1.29 is 18.1 Å². The zero-order chi connectivity index (χ0) is 18.0. The van der Waals surface area contributed by atoms with Crippen LogP contribution >= 0.6 is 23.2 Å². The van der Waals surface area contributed by atoms with Gasteiger partial charge in [0.15, 0.2) is 0 Å². The lowest BCUT2D eigenvalue weighted by molar-refractivity contribution is -0.914. The van der Waals surface area contributed by atoms with Crippen molar-refractivity contribution in [3.8, 4) is 0 Å². The van der Waals surface area contributed by atoms with Crippen LogP contribution in [-0.4, -0.2) is 26.2 Å². The Balaban J connectivity index is 1.63. The van der Waals surface area contributed by atoms with Crippen LogP contribution in [0.1, 0.15) is 11.1 Å². The maximum Gasteiger partial charge on any atom is 0.416 e. The van der Waals surface area contributed by atoms with E-state index in [4.69, 9.17) is 23.2 Å². The van der Waals surface area contributed by atoms with Crippen molar-refractivity contribution in [1.82, 2.24) is 0 Å². The normalized spacial score (nSPS) is 16.3. The number of nitrogens with one attached hydrogen (secondary N) is 1. The molecule has 0 aromatic heterocycles. The lowest BCUT2D eigenvalue weighted by Crippen LogP contribution is -3.13. The van der Waals surface area contributed by atoms with E-state index in [2.05, 4.69) is 0 Å². The number of anilines is 1. The number of hydrogen-bond acceptors (Lipinski definition) is 1. The monoisotopic (exact) mass is 389 g/mol. The highest BCUT2D eigenvalue weighted by Gasteiger charge is 2.31. The number of hydrogen-bond donors (Lipinski definition) is 1. The predicted octanol–water partition coefficient (Wildman–Crippen LogP) is 3.92. The minimum Gasteiger partial charge on any atom is -0.360 e. The predicted molar refractivity (Wildman–Crippen MR) is 94.5 cm³/mol. The first-order valence-electron chi connectivity index (χ1n) is 8.03. The summed E-state index contributed by atoms with van der Waals surface area (Å²) < 4.78 is 38.6. The zero-order valence-electron chi connectivity index (χ0n) is 13.4. The number of halogens is 5. The van der Waals surface area contributed by atoms with Crippen molar-refractivity contribution >= 4 is 28.9 Å². The molecule has 0 amide bonds. The van der Waals surface area contributed by atoms with Crippen LogP contribution in [0.5, 0.6) is 0 Å². The quantitative estimate of drug-likeness (QED) is 0.835. The molecule has 134 valence electrons. The lowest BCUT2D eigenvalue weighted by atomic mass is 10.1. The molecule has 3 rings (SSSR count). The van der Waals surface area contributed by atoms with Crippen molar-refractivity contribution in [2.75, 3.05) is 31.1 Å². The van der Waals surface area contributed by atoms with Crippen LogP contribution in [-0.2, 0) is 12.7 Å². The average molecular weight is 390 g/mol. The van der Waals surface area contributed by atoms with Crippen LogP contribution < -0.4 is 9.80 Å². The van der Waals surface area contributed by atoms with Gasteiger partial charge in [-0.1, -0.05) is 41.4 Å². The Bertz CT molecular complexity index is 741. The Kier molecular flexibility index (Phi) is 5.46. The lowest BCUT2D eigenvalue weighted by Gasteiger charge is -2.34. The van der Waals surface area contributed by atoms with E-state index in [9.17, 15) is 13.2 Å². The van der Waals surface area contributed by atoms with Crippen LogP contribution in [0.25, 0.3) is 0 Å². The van der Waals surface area contributed by atoms with Crippen LogP contribution in [0, 0.1) is 0 Å². The summed E-state index contributed by atoms with van der Waals surface area (Å²) in [5, 5.41) is 1.12. The molecule has 2 aromatic rings. The first-order valence-corrected chi connectivity index (χ1v) is 8.79. The largest absolute Gasteiger partial charge is 0.416 e. The topological polar surface area (TPSA) is 7.68 Å². The van der Waals surface area contributed by atoms with Gasteiger partial charge < -0.3 is 9.80 Å². The summed E-state index contributed by atoms with van der Waals surface area (Å²) in [5.74, 6) is 0. The molecule has 0 atom stereocenters. The van der Waals surface area contributed by atoms with Crippen molar-refractivity contribution in [3.05, 3.63) is 63.6 Å². The molecule has 2 aromatic carbocycles. The van der Waals surface area contributed by atoms with E-state index < -0.39 is 11.7 Å². The van der Waals surface area contributed by atoms with Gasteiger partial charge in [-0.15, -0.1) is 0 Å². The summed E-state index contributed by atoms with van der Waals surface area (Å²) >= 11 is 12.3. The Morgan fingerprint density at radius 1 is 1.00 bits per heavy atom. The minimum atomic E-state index is -4.31. The molecule has 0 radical (unpaired) electrons. The second-order valence-corrected chi connectivity index (χ2v) is 6.96. The van der Waals surface area contributed by atoms with Crippen LogP contribution in [0.4, 0.5) is 18.9 Å². The van der Waals surface area contributed by atoms with Gasteiger partial charge in [0.05, 0.1) is 41.8 Å². The van der Waals surface area contributed by atoms with Crippen molar-refractivity contribution in [1.29, 1.82) is 0 Å². The third-order valence-corrected chi connectivity index (χ3v) is 5.34. The zero-order valence-corrected chi connectivity index (χ0v) is 14.9. The van der Waals surface area contributed by atoms with E-state index in [1.807, 2.05) is 17.0 Å². The van der Waals surface area contributed by atoms with E-state index in [1.54, 1.807) is 12.1 Å². The number of benzene rings is 2. The van der Waals surface area contributed by atoms with E-state index in [0.29, 0.717) is 28.8 Å². The molecule has 1 saturated heterocycles. The summed E-state index contributed by atoms with van der Waals surface area (Å²) in [6.07, 6.45) is -4.31. The summed E-state index contributed by atoms with van der Waals surface area (Å²) in [6.45, 7) is 3.83. The Labute approximate surface area is 154 Å². The Hall–Kier alpha value is -1.43. The Morgan fingerprint density at radius 2 is 1.68 bits per heavy atom. The summed E-state index contributed by atoms with van der Waals surface area (Å²) in [6, 6.07) is 11.1. The average Bonchev–Trinajstić information content (AvgIpc) is 2.59. The minimum absolute atomic E-state index is 0.543. The molecule has 1 N–H and O–H groups in total. The van der Waals surface area contributed by atoms with Crippen LogP contribution in [0.3, 0.4) is 0 Å². The van der Waals surface area contributed by atoms with E-state index in [0.717, 1.165) is 31.3 Å². The summed E-state index contributed by atoms with van der Waals surface area (Å²) in [7, 11) is 0. The van der Waals surface area contributed by atoms with E-state index in [1.165, 1.54) is 17.0 Å². The number of quaternary nitrogens is 1. The first-order chi connectivity index (χ1) is 11.8. The van der Waals surface area contributed by atoms with Crippen molar-refractivity contribution in [3.63, 3.8) is 0 Å². The first kappa shape index (κ1) is 18.4. The SMILES string of the molecule is FC(F)(F)c1cccc(N2CC[NH+](Cc3cccc(Cl)c3Cl)CC2)c1. The highest BCUT2D eigenvalue weighted by atomic mass is 35.5. The summed E-state index contributed by atoms with van der Waals surface area (Å²) in [5.41, 5.74) is 1.01.